The summed E-state index contributed by atoms with van der Waals surface area (Å²) in [6.07, 6.45) is 2.83. The third-order valence-electron chi connectivity index (χ3n) is 2.73. The lowest BCUT2D eigenvalue weighted by molar-refractivity contribution is 0.600. The lowest BCUT2D eigenvalue weighted by atomic mass is 10.2. The molecule has 6 nitrogen and oxygen atoms in total. The van der Waals surface area contributed by atoms with Gasteiger partial charge in [-0.3, -0.25) is 4.72 Å². The molecular weight excluding hydrogens is 312 g/mol. The Morgan fingerprint density at radius 1 is 1.19 bits per heavy atom. The molecule has 0 radical (unpaired) electrons. The monoisotopic (exact) mass is 326 g/mol. The van der Waals surface area contributed by atoms with E-state index >= 15 is 0 Å². The topological polar surface area (TPSA) is 75.2 Å². The van der Waals surface area contributed by atoms with Crippen LogP contribution >= 0.6 is 11.6 Å². The zero-order valence-corrected chi connectivity index (χ0v) is 13.4. The molecule has 1 aromatic carbocycles. The highest BCUT2D eigenvalue weighted by atomic mass is 35.5. The predicted molar refractivity (Wildman–Crippen MR) is 83.4 cm³/mol. The van der Waals surface area contributed by atoms with Gasteiger partial charge in [-0.1, -0.05) is 17.7 Å². The van der Waals surface area contributed by atoms with Crippen molar-refractivity contribution in [2.75, 3.05) is 23.7 Å². The van der Waals surface area contributed by atoms with Gasteiger partial charge in [-0.05, 0) is 24.6 Å². The molecule has 0 fully saturated rings. The highest BCUT2D eigenvalue weighted by Crippen LogP contribution is 2.22. The number of hydrogen-bond donors (Lipinski definition) is 1. The molecule has 0 saturated carbocycles. The molecule has 21 heavy (non-hydrogen) atoms. The molecule has 8 heteroatoms. The predicted octanol–water partition coefficient (Wildman–Crippen LogP) is 2.31. The van der Waals surface area contributed by atoms with Crippen LogP contribution in [0.4, 0.5) is 11.6 Å². The lowest BCUT2D eigenvalue weighted by Gasteiger charge is -2.12. The Bertz CT molecular complexity index is 745. The van der Waals surface area contributed by atoms with Crippen LogP contribution in [0.15, 0.2) is 35.5 Å². The molecule has 2 aromatic rings. The SMILES string of the molecule is Cc1ccc(Cl)cc1S(=O)(=O)Nc1cnc(N(C)C)nc1. The molecule has 0 atom stereocenters. The van der Waals surface area contributed by atoms with Crippen molar-refractivity contribution in [2.24, 2.45) is 0 Å². The summed E-state index contributed by atoms with van der Waals surface area (Å²) < 4.78 is 27.2. The minimum Gasteiger partial charge on any atom is -0.347 e. The first-order valence-corrected chi connectivity index (χ1v) is 7.94. The Labute approximate surface area is 128 Å². The molecule has 0 unspecified atom stereocenters. The van der Waals surface area contributed by atoms with Crippen LogP contribution in [0.3, 0.4) is 0 Å². The fourth-order valence-electron chi connectivity index (χ4n) is 1.68. The standard InChI is InChI=1S/C13H15ClN4O2S/c1-9-4-5-10(14)6-12(9)21(19,20)17-11-7-15-13(16-8-11)18(2)3/h4-8,17H,1-3H3. The highest BCUT2D eigenvalue weighted by molar-refractivity contribution is 7.92. The third kappa shape index (κ3) is 3.62. The summed E-state index contributed by atoms with van der Waals surface area (Å²) in [4.78, 5) is 9.97. The molecule has 0 saturated heterocycles. The van der Waals surface area contributed by atoms with Crippen molar-refractivity contribution >= 4 is 33.3 Å². The van der Waals surface area contributed by atoms with Crippen LogP contribution in [0.2, 0.25) is 5.02 Å². The van der Waals surface area contributed by atoms with Gasteiger partial charge in [0.2, 0.25) is 5.95 Å². The van der Waals surface area contributed by atoms with Crippen LogP contribution in [0.5, 0.6) is 0 Å². The fraction of sp³-hybridized carbons (Fsp3) is 0.231. The third-order valence-corrected chi connectivity index (χ3v) is 4.49. The molecule has 1 aromatic heterocycles. The van der Waals surface area contributed by atoms with Gasteiger partial charge < -0.3 is 4.90 Å². The maximum absolute atomic E-state index is 12.4. The first kappa shape index (κ1) is 15.5. The summed E-state index contributed by atoms with van der Waals surface area (Å²) >= 11 is 5.86. The second kappa shape index (κ2) is 5.87. The van der Waals surface area contributed by atoms with Gasteiger partial charge in [-0.15, -0.1) is 0 Å². The molecule has 1 heterocycles. The highest BCUT2D eigenvalue weighted by Gasteiger charge is 2.17. The van der Waals surface area contributed by atoms with Crippen LogP contribution in [-0.4, -0.2) is 32.5 Å². The number of rotatable bonds is 4. The molecule has 0 aliphatic heterocycles. The molecule has 0 aliphatic rings. The van der Waals surface area contributed by atoms with Gasteiger partial charge in [0.05, 0.1) is 23.0 Å². The van der Waals surface area contributed by atoms with Crippen LogP contribution in [0.1, 0.15) is 5.56 Å². The number of anilines is 2. The average molecular weight is 327 g/mol. The number of nitrogens with zero attached hydrogens (tertiary/aromatic N) is 3. The van der Waals surface area contributed by atoms with E-state index in [-0.39, 0.29) is 4.90 Å². The van der Waals surface area contributed by atoms with E-state index in [2.05, 4.69) is 14.7 Å². The number of sulfonamides is 1. The van der Waals surface area contributed by atoms with E-state index in [1.54, 1.807) is 38.1 Å². The number of benzene rings is 1. The fourth-order valence-corrected chi connectivity index (χ4v) is 3.21. The van der Waals surface area contributed by atoms with Crippen LogP contribution in [0.25, 0.3) is 0 Å². The van der Waals surface area contributed by atoms with E-state index in [1.807, 2.05) is 0 Å². The summed E-state index contributed by atoms with van der Waals surface area (Å²) in [6.45, 7) is 1.70. The van der Waals surface area contributed by atoms with Gasteiger partial charge >= 0.3 is 0 Å². The maximum atomic E-state index is 12.4. The molecule has 0 spiro atoms. The number of halogens is 1. The largest absolute Gasteiger partial charge is 0.347 e. The van der Waals surface area contributed by atoms with E-state index in [0.29, 0.717) is 22.2 Å². The van der Waals surface area contributed by atoms with E-state index in [0.717, 1.165) is 0 Å². The first-order valence-electron chi connectivity index (χ1n) is 6.08. The number of aryl methyl sites for hydroxylation is 1. The van der Waals surface area contributed by atoms with Crippen molar-refractivity contribution in [3.63, 3.8) is 0 Å². The van der Waals surface area contributed by atoms with Gasteiger partial charge in [-0.2, -0.15) is 0 Å². The summed E-state index contributed by atoms with van der Waals surface area (Å²) in [5.41, 5.74) is 0.901. The Morgan fingerprint density at radius 2 is 1.81 bits per heavy atom. The van der Waals surface area contributed by atoms with Crippen LogP contribution < -0.4 is 9.62 Å². The van der Waals surface area contributed by atoms with Crippen molar-refractivity contribution in [1.82, 2.24) is 9.97 Å². The van der Waals surface area contributed by atoms with E-state index in [1.165, 1.54) is 18.5 Å². The molecule has 0 bridgehead atoms. The van der Waals surface area contributed by atoms with Crippen molar-refractivity contribution in [3.8, 4) is 0 Å². The summed E-state index contributed by atoms with van der Waals surface area (Å²) in [5.74, 6) is 0.497. The number of hydrogen-bond acceptors (Lipinski definition) is 5. The molecule has 112 valence electrons. The second-order valence-corrected chi connectivity index (χ2v) is 6.77. The van der Waals surface area contributed by atoms with Gasteiger partial charge in [0.1, 0.15) is 0 Å². The quantitative estimate of drug-likeness (QED) is 0.933. The molecule has 2 rings (SSSR count). The van der Waals surface area contributed by atoms with E-state index in [4.69, 9.17) is 11.6 Å². The van der Waals surface area contributed by atoms with Crippen molar-refractivity contribution < 1.29 is 8.42 Å². The summed E-state index contributed by atoms with van der Waals surface area (Å²) in [6, 6.07) is 4.71. The number of nitrogens with one attached hydrogen (secondary N) is 1. The lowest BCUT2D eigenvalue weighted by Crippen LogP contribution is -2.16. The maximum Gasteiger partial charge on any atom is 0.262 e. The molecule has 0 aliphatic carbocycles. The van der Waals surface area contributed by atoms with Gasteiger partial charge in [0, 0.05) is 19.1 Å². The van der Waals surface area contributed by atoms with E-state index < -0.39 is 10.0 Å². The Balaban J connectivity index is 2.31. The average Bonchev–Trinajstić information content (AvgIpc) is 2.41. The summed E-state index contributed by atoms with van der Waals surface area (Å²) in [7, 11) is -0.127. The first-order chi connectivity index (χ1) is 9.79. The molecule has 0 amide bonds. The Morgan fingerprint density at radius 3 is 2.38 bits per heavy atom. The van der Waals surface area contributed by atoms with Crippen molar-refractivity contribution in [3.05, 3.63) is 41.2 Å². The zero-order valence-electron chi connectivity index (χ0n) is 11.8. The van der Waals surface area contributed by atoms with Crippen LogP contribution in [-0.2, 0) is 10.0 Å². The normalized spacial score (nSPS) is 11.2. The molecule has 1 N–H and O–H groups in total. The summed E-state index contributed by atoms with van der Waals surface area (Å²) in [5, 5.41) is 0.361. The van der Waals surface area contributed by atoms with Gasteiger partial charge in [-0.25, -0.2) is 18.4 Å². The minimum atomic E-state index is -3.73. The van der Waals surface area contributed by atoms with Gasteiger partial charge in [0.25, 0.3) is 10.0 Å². The zero-order chi connectivity index (χ0) is 15.6. The van der Waals surface area contributed by atoms with E-state index in [9.17, 15) is 8.42 Å². The van der Waals surface area contributed by atoms with Gasteiger partial charge in [0.15, 0.2) is 0 Å². The minimum absolute atomic E-state index is 0.131. The van der Waals surface area contributed by atoms with Crippen molar-refractivity contribution in [1.29, 1.82) is 0 Å². The van der Waals surface area contributed by atoms with Crippen LogP contribution in [0, 0.1) is 6.92 Å². The van der Waals surface area contributed by atoms with Crippen molar-refractivity contribution in [2.45, 2.75) is 11.8 Å². The Kier molecular flexibility index (Phi) is 4.34. The molecular formula is C13H15ClN4O2S. The second-order valence-electron chi connectivity index (χ2n) is 4.68. The number of aromatic nitrogens is 2. The Hall–Kier alpha value is -1.86. The smallest absolute Gasteiger partial charge is 0.262 e.